The molecule has 0 aromatic rings. The second-order valence-corrected chi connectivity index (χ2v) is 6.43. The molecule has 0 saturated heterocycles. The number of Topliss-reactive ketones (excluding diaryl/α,β-unsaturated/α-hetero) is 1. The molecule has 9 heteroatoms. The Morgan fingerprint density at radius 3 is 2.53 bits per heavy atom. The lowest BCUT2D eigenvalue weighted by Gasteiger charge is -2.21. The number of ether oxygens (including phenoxy) is 1. The van der Waals surface area contributed by atoms with Gasteiger partial charge in [-0.25, -0.2) is 4.79 Å². The van der Waals surface area contributed by atoms with Gasteiger partial charge in [-0.2, -0.15) is 17.2 Å². The first-order valence-electron chi connectivity index (χ1n) is 5.67. The summed E-state index contributed by atoms with van der Waals surface area (Å²) < 4.78 is 58.9. The van der Waals surface area contributed by atoms with Gasteiger partial charge in [0.2, 0.25) is 0 Å². The van der Waals surface area contributed by atoms with Gasteiger partial charge in [0.25, 0.3) is 0 Å². The largest absolute Gasteiger partial charge is 0.465 e. The van der Waals surface area contributed by atoms with Gasteiger partial charge >= 0.3 is 21.3 Å². The van der Waals surface area contributed by atoms with E-state index in [2.05, 4.69) is 4.74 Å². The van der Waals surface area contributed by atoms with Crippen LogP contribution in [0.15, 0.2) is 0 Å². The van der Waals surface area contributed by atoms with Crippen molar-refractivity contribution in [2.24, 2.45) is 17.8 Å². The third-order valence-electron chi connectivity index (χ3n) is 3.69. The fourth-order valence-electron chi connectivity index (χ4n) is 2.79. The van der Waals surface area contributed by atoms with E-state index in [1.165, 1.54) is 0 Å². The van der Waals surface area contributed by atoms with Crippen LogP contribution >= 0.6 is 0 Å². The van der Waals surface area contributed by atoms with Crippen LogP contribution < -0.4 is 0 Å². The first kappa shape index (κ1) is 14.3. The van der Waals surface area contributed by atoms with E-state index in [9.17, 15) is 26.8 Å². The van der Waals surface area contributed by atoms with Crippen molar-refractivity contribution in [3.8, 4) is 0 Å². The predicted molar refractivity (Wildman–Crippen MR) is 56.8 cm³/mol. The fraction of sp³-hybridized carbons (Fsp3) is 0.800. The highest BCUT2D eigenvalue weighted by molar-refractivity contribution is 7.87. The van der Waals surface area contributed by atoms with Crippen LogP contribution in [0.4, 0.5) is 8.78 Å². The summed E-state index contributed by atoms with van der Waals surface area (Å²) in [5.74, 6) is -2.73. The molecular weight excluding hydrogens is 286 g/mol. The van der Waals surface area contributed by atoms with E-state index in [0.717, 1.165) is 0 Å². The van der Waals surface area contributed by atoms with Crippen LogP contribution in [-0.2, 0) is 24.4 Å². The quantitative estimate of drug-likeness (QED) is 0.603. The SMILES string of the molecule is O=C1CC2CC(COC(=O)C(F)(F)S(=O)(=O)O)C1C2. The average molecular weight is 298 g/mol. The van der Waals surface area contributed by atoms with Gasteiger partial charge in [-0.05, 0) is 18.8 Å². The van der Waals surface area contributed by atoms with Gasteiger partial charge in [0, 0.05) is 18.3 Å². The minimum atomic E-state index is -5.84. The lowest BCUT2D eigenvalue weighted by Crippen LogP contribution is -2.40. The number of fused-ring (bicyclic) bond motifs is 2. The van der Waals surface area contributed by atoms with Gasteiger partial charge in [-0.3, -0.25) is 9.35 Å². The highest BCUT2D eigenvalue weighted by Gasteiger charge is 2.55. The van der Waals surface area contributed by atoms with E-state index < -0.39 is 27.9 Å². The lowest BCUT2D eigenvalue weighted by atomic mass is 9.88. The molecule has 1 N–H and O–H groups in total. The highest BCUT2D eigenvalue weighted by Crippen LogP contribution is 2.46. The van der Waals surface area contributed by atoms with Crippen LogP contribution in [0.1, 0.15) is 19.3 Å². The summed E-state index contributed by atoms with van der Waals surface area (Å²) in [4.78, 5) is 22.4. The average Bonchev–Trinajstić information content (AvgIpc) is 2.82. The molecule has 2 bridgehead atoms. The summed E-state index contributed by atoms with van der Waals surface area (Å²) >= 11 is 0. The second kappa shape index (κ2) is 4.48. The topological polar surface area (TPSA) is 97.7 Å². The zero-order valence-electron chi connectivity index (χ0n) is 9.71. The Kier molecular flexibility index (Phi) is 3.38. The van der Waals surface area contributed by atoms with Crippen molar-refractivity contribution in [3.63, 3.8) is 0 Å². The molecule has 3 unspecified atom stereocenters. The standard InChI is InChI=1S/C10H12F2O6S/c11-10(12,19(15,16)17)9(14)18-4-6-1-5-2-7(6)8(13)3-5/h5-7H,1-4H2,(H,15,16,17). The number of rotatable bonds is 4. The molecule has 0 aromatic carbocycles. The molecule has 2 fully saturated rings. The van der Waals surface area contributed by atoms with Gasteiger partial charge < -0.3 is 4.74 Å². The monoisotopic (exact) mass is 298 g/mol. The van der Waals surface area contributed by atoms with Crippen molar-refractivity contribution in [2.45, 2.75) is 24.5 Å². The van der Waals surface area contributed by atoms with Crippen LogP contribution in [0.2, 0.25) is 0 Å². The smallest absolute Gasteiger partial charge is 0.460 e. The molecule has 0 spiro atoms. The molecule has 108 valence electrons. The van der Waals surface area contributed by atoms with Crippen molar-refractivity contribution in [2.75, 3.05) is 6.61 Å². The van der Waals surface area contributed by atoms with E-state index in [-0.39, 0.29) is 23.5 Å². The van der Waals surface area contributed by atoms with Crippen LogP contribution in [0.5, 0.6) is 0 Å². The number of alkyl halides is 2. The Bertz CT molecular complexity index is 514. The Morgan fingerprint density at radius 2 is 2.05 bits per heavy atom. The van der Waals surface area contributed by atoms with Gasteiger partial charge in [0.1, 0.15) is 5.78 Å². The molecule has 0 amide bonds. The molecular formula is C10H12F2O6S. The minimum Gasteiger partial charge on any atom is -0.460 e. The molecule has 2 aliphatic rings. The summed E-state index contributed by atoms with van der Waals surface area (Å²) in [5.41, 5.74) is 0. The number of carbonyl (C=O) groups is 2. The summed E-state index contributed by atoms with van der Waals surface area (Å²) in [5, 5.41) is -4.98. The first-order chi connectivity index (χ1) is 8.63. The Labute approximate surface area is 107 Å². The molecule has 0 aromatic heterocycles. The van der Waals surface area contributed by atoms with E-state index in [1.54, 1.807) is 0 Å². The molecule has 6 nitrogen and oxygen atoms in total. The number of hydrogen-bond donors (Lipinski definition) is 1. The number of carbonyl (C=O) groups excluding carboxylic acids is 2. The Morgan fingerprint density at radius 1 is 1.42 bits per heavy atom. The zero-order chi connectivity index (χ0) is 14.4. The molecule has 3 atom stereocenters. The zero-order valence-corrected chi connectivity index (χ0v) is 10.5. The third-order valence-corrected chi connectivity index (χ3v) is 4.50. The molecule has 19 heavy (non-hydrogen) atoms. The highest BCUT2D eigenvalue weighted by atomic mass is 32.2. The van der Waals surface area contributed by atoms with Crippen LogP contribution in [0, 0.1) is 17.8 Å². The molecule has 0 radical (unpaired) electrons. The van der Waals surface area contributed by atoms with Gasteiger partial charge in [-0.1, -0.05) is 0 Å². The normalized spacial score (nSPS) is 30.7. The van der Waals surface area contributed by atoms with Crippen LogP contribution in [0.3, 0.4) is 0 Å². The molecule has 0 aliphatic heterocycles. The van der Waals surface area contributed by atoms with Crippen molar-refractivity contribution < 1.29 is 36.1 Å². The van der Waals surface area contributed by atoms with Crippen molar-refractivity contribution >= 4 is 21.9 Å². The van der Waals surface area contributed by atoms with E-state index in [0.29, 0.717) is 19.3 Å². The number of ketones is 1. The molecule has 0 heterocycles. The fourth-order valence-corrected chi connectivity index (χ4v) is 3.06. The predicted octanol–water partition coefficient (Wildman–Crippen LogP) is 0.625. The summed E-state index contributed by atoms with van der Waals surface area (Å²) in [6, 6.07) is 0. The maximum Gasteiger partial charge on any atom is 0.465 e. The van der Waals surface area contributed by atoms with E-state index in [1.807, 2.05) is 0 Å². The van der Waals surface area contributed by atoms with Gasteiger partial charge in [0.05, 0.1) is 6.61 Å². The first-order valence-corrected chi connectivity index (χ1v) is 7.11. The number of esters is 1. The van der Waals surface area contributed by atoms with Crippen LogP contribution in [-0.4, -0.2) is 36.6 Å². The maximum atomic E-state index is 12.9. The van der Waals surface area contributed by atoms with Crippen LogP contribution in [0.25, 0.3) is 0 Å². The Hall–Kier alpha value is -1.09. The van der Waals surface area contributed by atoms with Crippen molar-refractivity contribution in [1.82, 2.24) is 0 Å². The molecule has 2 aliphatic carbocycles. The van der Waals surface area contributed by atoms with E-state index in [4.69, 9.17) is 4.55 Å². The van der Waals surface area contributed by atoms with Crippen molar-refractivity contribution in [1.29, 1.82) is 0 Å². The minimum absolute atomic E-state index is 0.0267. The Balaban J connectivity index is 1.94. The van der Waals surface area contributed by atoms with E-state index >= 15 is 0 Å². The maximum absolute atomic E-state index is 12.9. The molecule has 2 rings (SSSR count). The van der Waals surface area contributed by atoms with Gasteiger partial charge in [-0.15, -0.1) is 0 Å². The summed E-state index contributed by atoms with van der Waals surface area (Å²) in [7, 11) is -5.84. The van der Waals surface area contributed by atoms with Gasteiger partial charge in [0.15, 0.2) is 0 Å². The third kappa shape index (κ3) is 2.48. The van der Waals surface area contributed by atoms with Crippen molar-refractivity contribution in [3.05, 3.63) is 0 Å². The summed E-state index contributed by atoms with van der Waals surface area (Å²) in [6.45, 7) is -0.434. The second-order valence-electron chi connectivity index (χ2n) is 4.96. The lowest BCUT2D eigenvalue weighted by molar-refractivity contribution is -0.163. The summed E-state index contributed by atoms with van der Waals surface area (Å²) in [6.07, 6.45) is 1.73. The number of hydrogen-bond acceptors (Lipinski definition) is 5. The number of halogens is 2. The molecule has 2 saturated carbocycles.